The molecular formula is C15H15NO3. The van der Waals surface area contributed by atoms with Gasteiger partial charge in [0.25, 0.3) is 0 Å². The zero-order valence-electron chi connectivity index (χ0n) is 10.5. The first-order chi connectivity index (χ1) is 9.22. The summed E-state index contributed by atoms with van der Waals surface area (Å²) in [5, 5.41) is 10.7. The number of carbonyl (C=O) groups is 1. The van der Waals surface area contributed by atoms with Crippen molar-refractivity contribution in [2.75, 3.05) is 6.61 Å². The van der Waals surface area contributed by atoms with Crippen molar-refractivity contribution < 1.29 is 14.6 Å². The second-order valence-electron chi connectivity index (χ2n) is 4.12. The van der Waals surface area contributed by atoms with E-state index in [0.717, 1.165) is 23.6 Å². The lowest BCUT2D eigenvalue weighted by atomic mass is 10.1. The fourth-order valence-corrected chi connectivity index (χ4v) is 1.78. The summed E-state index contributed by atoms with van der Waals surface area (Å²) in [4.78, 5) is 15.1. The van der Waals surface area contributed by atoms with Crippen molar-refractivity contribution >= 4 is 16.7 Å². The number of aromatic carboxylic acids is 1. The molecule has 0 atom stereocenters. The molecule has 2 rings (SSSR count). The standard InChI is InChI=1S/C15H15NO3/c1-2-3-6-9-19-14-12-8-5-4-7-11(12)10-13(16-14)15(17)18/h2,4-5,7-8,10H,1,3,6,9H2,(H,17,18). The minimum atomic E-state index is -1.05. The van der Waals surface area contributed by atoms with Crippen LogP contribution in [0.4, 0.5) is 0 Å². The summed E-state index contributed by atoms with van der Waals surface area (Å²) in [6, 6.07) is 9.00. The van der Waals surface area contributed by atoms with Crippen LogP contribution in [0.2, 0.25) is 0 Å². The number of benzene rings is 1. The average molecular weight is 257 g/mol. The Balaban J connectivity index is 2.33. The van der Waals surface area contributed by atoms with Gasteiger partial charge in [-0.05, 0) is 30.4 Å². The van der Waals surface area contributed by atoms with Crippen molar-refractivity contribution in [3.63, 3.8) is 0 Å². The van der Waals surface area contributed by atoms with E-state index in [2.05, 4.69) is 11.6 Å². The van der Waals surface area contributed by atoms with Crippen LogP contribution >= 0.6 is 0 Å². The molecule has 0 bridgehead atoms. The van der Waals surface area contributed by atoms with Crippen LogP contribution < -0.4 is 4.74 Å². The van der Waals surface area contributed by atoms with Gasteiger partial charge in [0.2, 0.25) is 5.88 Å². The number of rotatable bonds is 6. The van der Waals surface area contributed by atoms with E-state index >= 15 is 0 Å². The van der Waals surface area contributed by atoms with Crippen LogP contribution in [-0.4, -0.2) is 22.7 Å². The van der Waals surface area contributed by atoms with E-state index in [1.165, 1.54) is 0 Å². The third kappa shape index (κ3) is 3.10. The second-order valence-corrected chi connectivity index (χ2v) is 4.12. The molecule has 1 aromatic heterocycles. The Hall–Kier alpha value is -2.36. The van der Waals surface area contributed by atoms with Crippen LogP contribution in [-0.2, 0) is 0 Å². The number of hydrogen-bond acceptors (Lipinski definition) is 3. The number of aromatic nitrogens is 1. The number of carboxylic acids is 1. The predicted octanol–water partition coefficient (Wildman–Crippen LogP) is 3.28. The molecule has 1 aromatic carbocycles. The lowest BCUT2D eigenvalue weighted by molar-refractivity contribution is 0.0689. The highest BCUT2D eigenvalue weighted by atomic mass is 16.5. The van der Waals surface area contributed by atoms with Gasteiger partial charge in [-0.2, -0.15) is 0 Å². The zero-order chi connectivity index (χ0) is 13.7. The van der Waals surface area contributed by atoms with Gasteiger partial charge in [-0.1, -0.05) is 24.3 Å². The lowest BCUT2D eigenvalue weighted by Crippen LogP contribution is -2.05. The molecule has 0 radical (unpaired) electrons. The number of pyridine rings is 1. The van der Waals surface area contributed by atoms with Gasteiger partial charge in [-0.25, -0.2) is 9.78 Å². The largest absolute Gasteiger partial charge is 0.477 e. The first-order valence-electron chi connectivity index (χ1n) is 6.09. The fourth-order valence-electron chi connectivity index (χ4n) is 1.78. The van der Waals surface area contributed by atoms with Crippen molar-refractivity contribution in [3.8, 4) is 5.88 Å². The maximum absolute atomic E-state index is 11.0. The number of fused-ring (bicyclic) bond motifs is 1. The summed E-state index contributed by atoms with van der Waals surface area (Å²) in [6.45, 7) is 4.14. The van der Waals surface area contributed by atoms with Crippen molar-refractivity contribution in [2.24, 2.45) is 0 Å². The number of carboxylic acid groups (broad SMARTS) is 1. The van der Waals surface area contributed by atoms with E-state index in [4.69, 9.17) is 9.84 Å². The molecule has 0 aliphatic heterocycles. The lowest BCUT2D eigenvalue weighted by Gasteiger charge is -2.09. The molecule has 4 heteroatoms. The average Bonchev–Trinajstić information content (AvgIpc) is 2.43. The molecule has 0 aliphatic carbocycles. The van der Waals surface area contributed by atoms with Gasteiger partial charge in [0.1, 0.15) is 0 Å². The van der Waals surface area contributed by atoms with Crippen molar-refractivity contribution in [1.29, 1.82) is 0 Å². The smallest absolute Gasteiger partial charge is 0.354 e. The number of allylic oxidation sites excluding steroid dienone is 1. The van der Waals surface area contributed by atoms with Gasteiger partial charge in [0.15, 0.2) is 5.69 Å². The third-order valence-electron chi connectivity index (χ3n) is 2.72. The summed E-state index contributed by atoms with van der Waals surface area (Å²) in [5.74, 6) is -0.679. The number of nitrogens with zero attached hydrogens (tertiary/aromatic N) is 1. The van der Waals surface area contributed by atoms with E-state index in [1.54, 1.807) is 6.07 Å². The molecule has 0 saturated heterocycles. The Morgan fingerprint density at radius 1 is 1.42 bits per heavy atom. The minimum Gasteiger partial charge on any atom is -0.477 e. The Morgan fingerprint density at radius 3 is 2.95 bits per heavy atom. The van der Waals surface area contributed by atoms with Gasteiger partial charge in [-0.15, -0.1) is 6.58 Å². The molecule has 4 nitrogen and oxygen atoms in total. The summed E-state index contributed by atoms with van der Waals surface area (Å²) < 4.78 is 5.59. The van der Waals surface area contributed by atoms with E-state index in [1.807, 2.05) is 30.3 Å². The van der Waals surface area contributed by atoms with Crippen molar-refractivity contribution in [2.45, 2.75) is 12.8 Å². The van der Waals surface area contributed by atoms with E-state index in [0.29, 0.717) is 12.5 Å². The number of ether oxygens (including phenoxy) is 1. The van der Waals surface area contributed by atoms with Gasteiger partial charge >= 0.3 is 5.97 Å². The summed E-state index contributed by atoms with van der Waals surface area (Å²) >= 11 is 0. The molecule has 0 aliphatic rings. The van der Waals surface area contributed by atoms with E-state index < -0.39 is 5.97 Å². The minimum absolute atomic E-state index is 0.00239. The summed E-state index contributed by atoms with van der Waals surface area (Å²) in [5.41, 5.74) is -0.00239. The zero-order valence-corrected chi connectivity index (χ0v) is 10.5. The Morgan fingerprint density at radius 2 is 2.21 bits per heavy atom. The number of unbranched alkanes of at least 4 members (excludes halogenated alkanes) is 1. The molecular weight excluding hydrogens is 242 g/mol. The maximum Gasteiger partial charge on any atom is 0.354 e. The van der Waals surface area contributed by atoms with Crippen LogP contribution in [0.1, 0.15) is 23.3 Å². The third-order valence-corrected chi connectivity index (χ3v) is 2.72. The van der Waals surface area contributed by atoms with E-state index in [9.17, 15) is 4.79 Å². The molecule has 0 fully saturated rings. The van der Waals surface area contributed by atoms with Gasteiger partial charge in [-0.3, -0.25) is 0 Å². The van der Waals surface area contributed by atoms with Gasteiger partial charge in [0.05, 0.1) is 6.61 Å². The first-order valence-corrected chi connectivity index (χ1v) is 6.09. The van der Waals surface area contributed by atoms with E-state index in [-0.39, 0.29) is 5.69 Å². The monoisotopic (exact) mass is 257 g/mol. The molecule has 0 amide bonds. The normalized spacial score (nSPS) is 10.3. The number of hydrogen-bond donors (Lipinski definition) is 1. The molecule has 0 saturated carbocycles. The maximum atomic E-state index is 11.0. The van der Waals surface area contributed by atoms with Crippen molar-refractivity contribution in [3.05, 3.63) is 48.7 Å². The second kappa shape index (κ2) is 6.00. The Kier molecular flexibility index (Phi) is 4.13. The Labute approximate surface area is 111 Å². The molecule has 0 unspecified atom stereocenters. The highest BCUT2D eigenvalue weighted by Crippen LogP contribution is 2.24. The topological polar surface area (TPSA) is 59.4 Å². The van der Waals surface area contributed by atoms with Gasteiger partial charge in [0, 0.05) is 5.39 Å². The van der Waals surface area contributed by atoms with Crippen LogP contribution in [0.25, 0.3) is 10.8 Å². The molecule has 19 heavy (non-hydrogen) atoms. The summed E-state index contributed by atoms with van der Waals surface area (Å²) in [7, 11) is 0. The van der Waals surface area contributed by atoms with Crippen LogP contribution in [0.3, 0.4) is 0 Å². The highest BCUT2D eigenvalue weighted by molar-refractivity contribution is 5.94. The predicted molar refractivity (Wildman–Crippen MR) is 73.6 cm³/mol. The van der Waals surface area contributed by atoms with Crippen LogP contribution in [0.5, 0.6) is 5.88 Å². The summed E-state index contributed by atoms with van der Waals surface area (Å²) in [6.07, 6.45) is 3.51. The Bertz CT molecular complexity index is 607. The van der Waals surface area contributed by atoms with Crippen molar-refractivity contribution in [1.82, 2.24) is 4.98 Å². The molecule has 1 heterocycles. The first kappa shape index (κ1) is 13.1. The van der Waals surface area contributed by atoms with Crippen LogP contribution in [0, 0.1) is 0 Å². The molecule has 0 spiro atoms. The SMILES string of the molecule is C=CCCCOc1nc(C(=O)O)cc2ccccc12. The fraction of sp³-hybridized carbons (Fsp3) is 0.200. The van der Waals surface area contributed by atoms with Gasteiger partial charge < -0.3 is 9.84 Å². The quantitative estimate of drug-likeness (QED) is 0.637. The highest BCUT2D eigenvalue weighted by Gasteiger charge is 2.11. The molecule has 2 aromatic rings. The molecule has 98 valence electrons. The molecule has 1 N–H and O–H groups in total. The van der Waals surface area contributed by atoms with Crippen LogP contribution in [0.15, 0.2) is 43.0 Å².